The summed E-state index contributed by atoms with van der Waals surface area (Å²) in [4.78, 5) is 28.3. The minimum atomic E-state index is -0.414. The highest BCUT2D eigenvalue weighted by Gasteiger charge is 2.12. The van der Waals surface area contributed by atoms with E-state index in [0.717, 1.165) is 21.0 Å². The highest BCUT2D eigenvalue weighted by atomic mass is 32.2. The zero-order valence-corrected chi connectivity index (χ0v) is 15.4. The normalized spacial score (nSPS) is 10.8. The number of carbonyl (C=O) groups is 2. The number of carbonyl (C=O) groups excluding carboxylic acids is 2. The van der Waals surface area contributed by atoms with Crippen LogP contribution in [0, 0.1) is 0 Å². The van der Waals surface area contributed by atoms with Gasteiger partial charge in [-0.3, -0.25) is 9.59 Å². The predicted molar refractivity (Wildman–Crippen MR) is 101 cm³/mol. The van der Waals surface area contributed by atoms with Crippen LogP contribution in [0.5, 0.6) is 0 Å². The Labute approximate surface area is 154 Å². The van der Waals surface area contributed by atoms with Crippen molar-refractivity contribution in [1.29, 1.82) is 0 Å². The van der Waals surface area contributed by atoms with E-state index >= 15 is 0 Å². The molecule has 128 valence electrons. The van der Waals surface area contributed by atoms with Gasteiger partial charge in [-0.2, -0.15) is 0 Å². The van der Waals surface area contributed by atoms with Gasteiger partial charge in [0.15, 0.2) is 16.7 Å². The van der Waals surface area contributed by atoms with E-state index in [9.17, 15) is 9.59 Å². The largest absolute Gasteiger partial charge is 0.457 e. The molecule has 1 aromatic heterocycles. The number of aryl methyl sites for hydroxylation is 1. The average molecular weight is 371 g/mol. The highest BCUT2D eigenvalue weighted by Crippen LogP contribution is 2.29. The number of hydrogen-bond donors (Lipinski definition) is 0. The zero-order chi connectivity index (χ0) is 17.6. The number of ketones is 1. The standard InChI is InChI=1S/C19H17NO3S2/c1-2-13-7-9-14(10-8-13)16(21)11-23-18(22)12-24-19-20-15-5-3-4-6-17(15)25-19/h3-10H,2,11-12H2,1H3. The maximum absolute atomic E-state index is 12.0. The van der Waals surface area contributed by atoms with Gasteiger partial charge in [-0.05, 0) is 24.1 Å². The van der Waals surface area contributed by atoms with E-state index in [4.69, 9.17) is 4.74 Å². The van der Waals surface area contributed by atoms with E-state index in [1.807, 2.05) is 36.4 Å². The first-order valence-corrected chi connectivity index (χ1v) is 9.72. The number of fused-ring (bicyclic) bond motifs is 1. The van der Waals surface area contributed by atoms with Gasteiger partial charge in [0.1, 0.15) is 0 Å². The number of benzene rings is 2. The molecule has 0 unspecified atom stereocenters. The molecule has 0 aliphatic heterocycles. The molecule has 0 atom stereocenters. The van der Waals surface area contributed by atoms with Crippen LogP contribution >= 0.6 is 23.1 Å². The molecular formula is C19H17NO3S2. The second-order valence-electron chi connectivity index (χ2n) is 5.37. The highest BCUT2D eigenvalue weighted by molar-refractivity contribution is 8.01. The Hall–Kier alpha value is -2.18. The average Bonchev–Trinajstić information content (AvgIpc) is 3.07. The van der Waals surface area contributed by atoms with Crippen molar-refractivity contribution in [3.63, 3.8) is 0 Å². The van der Waals surface area contributed by atoms with Crippen LogP contribution in [0.1, 0.15) is 22.8 Å². The predicted octanol–water partition coefficient (Wildman–Crippen LogP) is 4.38. The number of aromatic nitrogens is 1. The van der Waals surface area contributed by atoms with Gasteiger partial charge in [-0.25, -0.2) is 4.98 Å². The maximum atomic E-state index is 12.0. The number of thioether (sulfide) groups is 1. The molecule has 25 heavy (non-hydrogen) atoms. The fraction of sp³-hybridized carbons (Fsp3) is 0.211. The summed E-state index contributed by atoms with van der Waals surface area (Å²) in [5, 5.41) is 0. The number of hydrogen-bond acceptors (Lipinski definition) is 6. The second kappa shape index (κ2) is 8.27. The second-order valence-corrected chi connectivity index (χ2v) is 7.62. The van der Waals surface area contributed by atoms with Crippen LogP contribution in [-0.4, -0.2) is 29.1 Å². The Morgan fingerprint density at radius 3 is 2.60 bits per heavy atom. The number of ether oxygens (including phenoxy) is 1. The summed E-state index contributed by atoms with van der Waals surface area (Å²) >= 11 is 2.87. The minimum Gasteiger partial charge on any atom is -0.457 e. The minimum absolute atomic E-state index is 0.141. The molecule has 0 amide bonds. The Balaban J connectivity index is 1.47. The van der Waals surface area contributed by atoms with Crippen molar-refractivity contribution in [2.75, 3.05) is 12.4 Å². The smallest absolute Gasteiger partial charge is 0.316 e. The fourth-order valence-corrected chi connectivity index (χ4v) is 4.10. The molecule has 1 heterocycles. The first-order valence-electron chi connectivity index (χ1n) is 7.92. The van der Waals surface area contributed by atoms with Crippen molar-refractivity contribution in [2.24, 2.45) is 0 Å². The molecule has 0 saturated carbocycles. The number of Topliss-reactive ketones (excluding diaryl/α,β-unsaturated/α-hetero) is 1. The Morgan fingerprint density at radius 2 is 1.88 bits per heavy atom. The summed E-state index contributed by atoms with van der Waals surface area (Å²) < 4.78 is 6.98. The number of rotatable bonds is 7. The molecule has 0 bridgehead atoms. The summed E-state index contributed by atoms with van der Waals surface area (Å²) in [6.07, 6.45) is 0.923. The molecular weight excluding hydrogens is 354 g/mol. The van der Waals surface area contributed by atoms with E-state index in [1.54, 1.807) is 23.5 Å². The molecule has 4 nitrogen and oxygen atoms in total. The van der Waals surface area contributed by atoms with Gasteiger partial charge in [0.2, 0.25) is 0 Å². The molecule has 0 N–H and O–H groups in total. The molecule has 0 aliphatic rings. The van der Waals surface area contributed by atoms with Crippen LogP contribution in [0.15, 0.2) is 52.9 Å². The molecule has 0 spiro atoms. The van der Waals surface area contributed by atoms with E-state index in [2.05, 4.69) is 11.9 Å². The van der Waals surface area contributed by atoms with E-state index in [0.29, 0.717) is 5.56 Å². The Kier molecular flexibility index (Phi) is 5.83. The van der Waals surface area contributed by atoms with Crippen LogP contribution in [0.3, 0.4) is 0 Å². The van der Waals surface area contributed by atoms with Crippen molar-refractivity contribution >= 4 is 45.1 Å². The lowest BCUT2D eigenvalue weighted by molar-refractivity contribution is -0.139. The summed E-state index contributed by atoms with van der Waals surface area (Å²) in [7, 11) is 0. The molecule has 0 saturated heterocycles. The Morgan fingerprint density at radius 1 is 1.12 bits per heavy atom. The van der Waals surface area contributed by atoms with Crippen molar-refractivity contribution in [3.05, 3.63) is 59.7 Å². The number of para-hydroxylation sites is 1. The van der Waals surface area contributed by atoms with Crippen molar-refractivity contribution < 1.29 is 14.3 Å². The fourth-order valence-electron chi connectivity index (χ4n) is 2.23. The maximum Gasteiger partial charge on any atom is 0.316 e. The molecule has 2 aromatic carbocycles. The quantitative estimate of drug-likeness (QED) is 0.350. The van der Waals surface area contributed by atoms with Crippen molar-refractivity contribution in [1.82, 2.24) is 4.98 Å². The van der Waals surface area contributed by atoms with Crippen LogP contribution in [0.25, 0.3) is 10.2 Å². The first-order chi connectivity index (χ1) is 12.2. The first kappa shape index (κ1) is 17.6. The lowest BCUT2D eigenvalue weighted by atomic mass is 10.1. The summed E-state index contributed by atoms with van der Waals surface area (Å²) in [5.74, 6) is -0.467. The monoisotopic (exact) mass is 371 g/mol. The SMILES string of the molecule is CCc1ccc(C(=O)COC(=O)CSc2nc3ccccc3s2)cc1. The third kappa shape index (κ3) is 4.67. The molecule has 0 fully saturated rings. The Bertz CT molecular complexity index is 854. The van der Waals surface area contributed by atoms with Crippen LogP contribution < -0.4 is 0 Å². The summed E-state index contributed by atoms with van der Waals surface area (Å²) in [6, 6.07) is 15.2. The lowest BCUT2D eigenvalue weighted by Crippen LogP contribution is -2.15. The van der Waals surface area contributed by atoms with E-state index in [1.165, 1.54) is 17.3 Å². The zero-order valence-electron chi connectivity index (χ0n) is 13.7. The van der Waals surface area contributed by atoms with Crippen molar-refractivity contribution in [2.45, 2.75) is 17.7 Å². The molecule has 3 rings (SSSR count). The number of thiazole rings is 1. The lowest BCUT2D eigenvalue weighted by Gasteiger charge is -2.04. The molecule has 3 aromatic rings. The van der Waals surface area contributed by atoms with Gasteiger partial charge >= 0.3 is 5.97 Å². The topological polar surface area (TPSA) is 56.3 Å². The van der Waals surface area contributed by atoms with Gasteiger partial charge in [-0.15, -0.1) is 11.3 Å². The van der Waals surface area contributed by atoms with E-state index in [-0.39, 0.29) is 18.1 Å². The van der Waals surface area contributed by atoms with Gasteiger partial charge in [0.25, 0.3) is 0 Å². The number of nitrogens with zero attached hydrogens (tertiary/aromatic N) is 1. The van der Waals surface area contributed by atoms with Gasteiger partial charge in [-0.1, -0.05) is 55.1 Å². The summed E-state index contributed by atoms with van der Waals surface area (Å²) in [5.41, 5.74) is 2.65. The van der Waals surface area contributed by atoms with Crippen LogP contribution in [0.2, 0.25) is 0 Å². The van der Waals surface area contributed by atoms with Gasteiger partial charge in [0.05, 0.1) is 16.0 Å². The van der Waals surface area contributed by atoms with Gasteiger partial charge in [0, 0.05) is 5.56 Å². The summed E-state index contributed by atoms with van der Waals surface area (Å²) in [6.45, 7) is 1.83. The van der Waals surface area contributed by atoms with Gasteiger partial charge < -0.3 is 4.74 Å². The van der Waals surface area contributed by atoms with Crippen LogP contribution in [0.4, 0.5) is 0 Å². The third-order valence-corrected chi connectivity index (χ3v) is 5.79. The molecule has 0 radical (unpaired) electrons. The third-order valence-electron chi connectivity index (χ3n) is 3.64. The van der Waals surface area contributed by atoms with E-state index < -0.39 is 5.97 Å². The number of esters is 1. The van der Waals surface area contributed by atoms with Crippen LogP contribution in [-0.2, 0) is 16.0 Å². The molecule has 6 heteroatoms. The van der Waals surface area contributed by atoms with Crippen molar-refractivity contribution in [3.8, 4) is 0 Å². The molecule has 0 aliphatic carbocycles.